The number of hydrogen-bond donors (Lipinski definition) is 3. The van der Waals surface area contributed by atoms with E-state index in [0.29, 0.717) is 23.2 Å². The van der Waals surface area contributed by atoms with Crippen molar-refractivity contribution >= 4 is 22.4 Å². The fraction of sp³-hybridized carbons (Fsp3) is 0.250. The summed E-state index contributed by atoms with van der Waals surface area (Å²) in [5, 5.41) is 17.4. The number of carboxylic acids is 1. The number of thiazole rings is 1. The third-order valence-electron chi connectivity index (χ3n) is 1.91. The molecular weight excluding hydrogens is 246 g/mol. The van der Waals surface area contributed by atoms with Crippen molar-refractivity contribution in [2.24, 2.45) is 5.73 Å². The highest BCUT2D eigenvalue weighted by Gasteiger charge is 2.17. The van der Waals surface area contributed by atoms with E-state index in [1.807, 2.05) is 0 Å². The van der Waals surface area contributed by atoms with E-state index in [2.05, 4.69) is 25.0 Å². The summed E-state index contributed by atoms with van der Waals surface area (Å²) in [5.41, 5.74) is 5.74. The van der Waals surface area contributed by atoms with Crippen LogP contribution in [0.4, 0.5) is 5.13 Å². The molecule has 0 aliphatic carbocycles. The number of rotatable bonds is 5. The summed E-state index contributed by atoms with van der Waals surface area (Å²) >= 11 is 1.27. The van der Waals surface area contributed by atoms with Crippen LogP contribution in [0.25, 0.3) is 0 Å². The van der Waals surface area contributed by atoms with Crippen LogP contribution in [0.1, 0.15) is 17.6 Å². The number of anilines is 1. The number of hydrogen-bond acceptors (Lipinski definition) is 8. The number of nitrogens with zero attached hydrogens (tertiary/aromatic N) is 3. The Morgan fingerprint density at radius 2 is 2.53 bits per heavy atom. The van der Waals surface area contributed by atoms with E-state index < -0.39 is 12.0 Å². The lowest BCUT2D eigenvalue weighted by Gasteiger charge is -2.01. The first kappa shape index (κ1) is 11.5. The van der Waals surface area contributed by atoms with Crippen molar-refractivity contribution in [2.75, 3.05) is 5.32 Å². The average Bonchev–Trinajstić information content (AvgIpc) is 2.96. The molecule has 0 bridgehead atoms. The molecule has 9 heteroatoms. The van der Waals surface area contributed by atoms with Gasteiger partial charge in [-0.1, -0.05) is 5.16 Å². The Morgan fingerprint density at radius 1 is 1.71 bits per heavy atom. The third kappa shape index (κ3) is 2.77. The Kier molecular flexibility index (Phi) is 3.30. The highest BCUT2D eigenvalue weighted by molar-refractivity contribution is 7.13. The van der Waals surface area contributed by atoms with Crippen LogP contribution in [-0.4, -0.2) is 26.2 Å². The molecule has 0 fully saturated rings. The third-order valence-corrected chi connectivity index (χ3v) is 2.73. The predicted octanol–water partition coefficient (Wildman–Crippen LogP) is 0.223. The summed E-state index contributed by atoms with van der Waals surface area (Å²) < 4.78 is 4.56. The normalized spacial score (nSPS) is 12.3. The van der Waals surface area contributed by atoms with Crippen molar-refractivity contribution in [2.45, 2.75) is 12.6 Å². The van der Waals surface area contributed by atoms with Crippen LogP contribution >= 0.6 is 11.3 Å². The van der Waals surface area contributed by atoms with Gasteiger partial charge in [0.15, 0.2) is 11.0 Å². The second-order valence-electron chi connectivity index (χ2n) is 3.09. The monoisotopic (exact) mass is 255 g/mol. The van der Waals surface area contributed by atoms with E-state index in [-0.39, 0.29) is 0 Å². The maximum absolute atomic E-state index is 10.6. The van der Waals surface area contributed by atoms with Gasteiger partial charge in [-0.15, -0.1) is 11.3 Å². The van der Waals surface area contributed by atoms with E-state index in [9.17, 15) is 4.79 Å². The second-order valence-corrected chi connectivity index (χ2v) is 3.95. The molecule has 0 aliphatic rings. The molecule has 0 saturated heterocycles. The second kappa shape index (κ2) is 4.89. The van der Waals surface area contributed by atoms with Crippen LogP contribution in [0.2, 0.25) is 0 Å². The summed E-state index contributed by atoms with van der Waals surface area (Å²) in [5.74, 6) is -0.621. The molecule has 8 nitrogen and oxygen atoms in total. The van der Waals surface area contributed by atoms with Gasteiger partial charge in [-0.2, -0.15) is 4.98 Å². The quantitative estimate of drug-likeness (QED) is 0.692. The van der Waals surface area contributed by atoms with Crippen LogP contribution in [0.5, 0.6) is 0 Å². The summed E-state index contributed by atoms with van der Waals surface area (Å²) in [6.45, 7) is 0.353. The summed E-state index contributed by atoms with van der Waals surface area (Å²) in [6, 6.07) is -1.10. The molecule has 0 saturated carbocycles. The van der Waals surface area contributed by atoms with Gasteiger partial charge < -0.3 is 20.7 Å². The number of nitrogens with two attached hydrogens (primary N) is 1. The molecule has 0 radical (unpaired) electrons. The zero-order valence-corrected chi connectivity index (χ0v) is 9.35. The van der Waals surface area contributed by atoms with Gasteiger partial charge in [0.1, 0.15) is 6.04 Å². The minimum absolute atomic E-state index is 0.318. The lowest BCUT2D eigenvalue weighted by atomic mass is 10.2. The number of aliphatic carboxylic acids is 1. The molecular formula is C8H9N5O3S. The molecule has 0 amide bonds. The first-order valence-electron chi connectivity index (χ1n) is 4.59. The minimum Gasteiger partial charge on any atom is -0.480 e. The Morgan fingerprint density at radius 3 is 3.18 bits per heavy atom. The van der Waals surface area contributed by atoms with Gasteiger partial charge in [0.05, 0.1) is 12.2 Å². The zero-order chi connectivity index (χ0) is 12.3. The Labute approximate surface area is 99.5 Å². The molecule has 2 aromatic heterocycles. The maximum Gasteiger partial charge on any atom is 0.326 e. The van der Waals surface area contributed by atoms with Crippen LogP contribution in [0, 0.1) is 0 Å². The van der Waals surface area contributed by atoms with E-state index in [1.54, 1.807) is 5.38 Å². The van der Waals surface area contributed by atoms with Crippen LogP contribution in [-0.2, 0) is 11.3 Å². The minimum atomic E-state index is -1.11. The van der Waals surface area contributed by atoms with Gasteiger partial charge in [-0.25, -0.2) is 4.98 Å². The summed E-state index contributed by atoms with van der Waals surface area (Å²) in [4.78, 5) is 18.5. The first-order chi connectivity index (χ1) is 8.16. The fourth-order valence-electron chi connectivity index (χ4n) is 1.06. The van der Waals surface area contributed by atoms with Gasteiger partial charge in [0.2, 0.25) is 6.39 Å². The van der Waals surface area contributed by atoms with Gasteiger partial charge in [0, 0.05) is 5.38 Å². The SMILES string of the molecule is NC(C(=O)O)c1csc(NCc2ncon2)n1. The molecule has 0 aliphatic heterocycles. The van der Waals surface area contributed by atoms with Crippen LogP contribution in [0.15, 0.2) is 16.3 Å². The van der Waals surface area contributed by atoms with E-state index in [0.717, 1.165) is 0 Å². The lowest BCUT2D eigenvalue weighted by Crippen LogP contribution is -2.20. The van der Waals surface area contributed by atoms with Gasteiger partial charge in [-0.3, -0.25) is 4.79 Å². The van der Waals surface area contributed by atoms with E-state index >= 15 is 0 Å². The largest absolute Gasteiger partial charge is 0.480 e. The number of aromatic nitrogens is 3. The Hall–Kier alpha value is -2.00. The van der Waals surface area contributed by atoms with Crippen molar-refractivity contribution in [3.63, 3.8) is 0 Å². The zero-order valence-electron chi connectivity index (χ0n) is 8.53. The highest BCUT2D eigenvalue weighted by Crippen LogP contribution is 2.19. The van der Waals surface area contributed by atoms with E-state index in [1.165, 1.54) is 17.7 Å². The van der Waals surface area contributed by atoms with Crippen molar-refractivity contribution in [3.8, 4) is 0 Å². The van der Waals surface area contributed by atoms with Crippen LogP contribution in [0.3, 0.4) is 0 Å². The molecule has 17 heavy (non-hydrogen) atoms. The van der Waals surface area contributed by atoms with Crippen molar-refractivity contribution in [1.82, 2.24) is 15.1 Å². The van der Waals surface area contributed by atoms with Crippen molar-refractivity contribution in [3.05, 3.63) is 23.3 Å². The Balaban J connectivity index is 1.96. The lowest BCUT2D eigenvalue weighted by molar-refractivity contribution is -0.138. The number of carboxylic acid groups (broad SMARTS) is 1. The highest BCUT2D eigenvalue weighted by atomic mass is 32.1. The smallest absolute Gasteiger partial charge is 0.326 e. The summed E-state index contributed by atoms with van der Waals surface area (Å²) in [7, 11) is 0. The topological polar surface area (TPSA) is 127 Å². The Bertz CT molecular complexity index is 497. The standard InChI is InChI=1S/C8H9N5O3S/c9-6(7(14)15)4-2-17-8(12-4)10-1-5-11-3-16-13-5/h2-3,6H,1,9H2,(H,10,12)(H,14,15). The molecule has 90 valence electrons. The molecule has 4 N–H and O–H groups in total. The van der Waals surface area contributed by atoms with Gasteiger partial charge in [-0.05, 0) is 0 Å². The average molecular weight is 255 g/mol. The molecule has 1 unspecified atom stereocenters. The predicted molar refractivity (Wildman–Crippen MR) is 58.3 cm³/mol. The van der Waals surface area contributed by atoms with Crippen molar-refractivity contribution < 1.29 is 14.4 Å². The molecule has 2 rings (SSSR count). The first-order valence-corrected chi connectivity index (χ1v) is 5.47. The van der Waals surface area contributed by atoms with Crippen molar-refractivity contribution in [1.29, 1.82) is 0 Å². The maximum atomic E-state index is 10.6. The molecule has 0 aromatic carbocycles. The van der Waals surface area contributed by atoms with Gasteiger partial charge in [0.25, 0.3) is 0 Å². The molecule has 2 aromatic rings. The molecule has 0 spiro atoms. The molecule has 1 atom stereocenters. The van der Waals surface area contributed by atoms with Crippen LogP contribution < -0.4 is 11.1 Å². The number of carbonyl (C=O) groups is 1. The fourth-order valence-corrected chi connectivity index (χ4v) is 1.81. The molecule has 2 heterocycles. The summed E-state index contributed by atoms with van der Waals surface area (Å²) in [6.07, 6.45) is 1.23. The van der Waals surface area contributed by atoms with E-state index in [4.69, 9.17) is 10.8 Å². The number of nitrogens with one attached hydrogen (secondary N) is 1. The van der Waals surface area contributed by atoms with Gasteiger partial charge >= 0.3 is 5.97 Å².